The van der Waals surface area contributed by atoms with Crippen LogP contribution in [0, 0.1) is 5.82 Å². The summed E-state index contributed by atoms with van der Waals surface area (Å²) in [5.74, 6) is 0.426. The van der Waals surface area contributed by atoms with Crippen LogP contribution in [0.25, 0.3) is 0 Å². The molecule has 2 aromatic carbocycles. The second kappa shape index (κ2) is 9.71. The number of benzene rings is 2. The van der Waals surface area contributed by atoms with Gasteiger partial charge in [-0.1, -0.05) is 15.9 Å². The van der Waals surface area contributed by atoms with Crippen LogP contribution < -0.4 is 20.1 Å². The zero-order valence-electron chi connectivity index (χ0n) is 15.8. The highest BCUT2D eigenvalue weighted by Crippen LogP contribution is 2.32. The molecule has 0 fully saturated rings. The summed E-state index contributed by atoms with van der Waals surface area (Å²) < 4.78 is 25.5. The van der Waals surface area contributed by atoms with Crippen LogP contribution in [0.1, 0.15) is 12.0 Å². The van der Waals surface area contributed by atoms with Crippen LogP contribution in [-0.2, 0) is 11.3 Å². The average Bonchev–Trinajstić information content (AvgIpc) is 2.69. The molecule has 7 nitrogen and oxygen atoms in total. The number of carbonyl (C=O) groups excluding carboxylic acids is 2. The fourth-order valence-electron chi connectivity index (χ4n) is 2.80. The highest BCUT2D eigenvalue weighted by atomic mass is 79.9. The van der Waals surface area contributed by atoms with Crippen molar-refractivity contribution >= 4 is 33.6 Å². The molecular formula is C20H21BrFN3O4. The molecule has 1 heterocycles. The highest BCUT2D eigenvalue weighted by Gasteiger charge is 2.14. The molecule has 0 saturated carbocycles. The zero-order chi connectivity index (χ0) is 20.8. The number of hydrogen-bond donors (Lipinski definition) is 2. The van der Waals surface area contributed by atoms with Crippen LogP contribution in [-0.4, -0.2) is 43.6 Å². The smallest absolute Gasteiger partial charge is 0.325 e. The molecule has 0 atom stereocenters. The Hall–Kier alpha value is -2.65. The maximum atomic E-state index is 13.8. The van der Waals surface area contributed by atoms with Gasteiger partial charge in [0.2, 0.25) is 5.91 Å². The van der Waals surface area contributed by atoms with Gasteiger partial charge in [0, 0.05) is 41.3 Å². The van der Waals surface area contributed by atoms with Gasteiger partial charge in [-0.15, -0.1) is 0 Å². The summed E-state index contributed by atoms with van der Waals surface area (Å²) >= 11 is 3.31. The number of anilines is 1. The van der Waals surface area contributed by atoms with E-state index in [0.29, 0.717) is 49.1 Å². The Kier molecular flexibility index (Phi) is 7.05. The molecule has 29 heavy (non-hydrogen) atoms. The van der Waals surface area contributed by atoms with E-state index in [9.17, 15) is 14.0 Å². The quantitative estimate of drug-likeness (QED) is 0.681. The summed E-state index contributed by atoms with van der Waals surface area (Å²) in [6, 6.07) is 9.09. The lowest BCUT2D eigenvalue weighted by Crippen LogP contribution is -2.36. The van der Waals surface area contributed by atoms with Gasteiger partial charge in [-0.2, -0.15) is 0 Å². The number of hydrogen-bond acceptors (Lipinski definition) is 5. The summed E-state index contributed by atoms with van der Waals surface area (Å²) in [5, 5.41) is 4.87. The number of nitrogens with one attached hydrogen (secondary N) is 2. The van der Waals surface area contributed by atoms with E-state index >= 15 is 0 Å². The van der Waals surface area contributed by atoms with E-state index in [4.69, 9.17) is 9.47 Å². The molecule has 0 radical (unpaired) electrons. The average molecular weight is 466 g/mol. The van der Waals surface area contributed by atoms with Gasteiger partial charge in [0.25, 0.3) is 0 Å². The van der Waals surface area contributed by atoms with E-state index < -0.39 is 11.9 Å². The molecule has 0 aromatic heterocycles. The number of imide groups is 1. The minimum Gasteiger partial charge on any atom is -0.486 e. The Morgan fingerprint density at radius 1 is 1.14 bits per heavy atom. The van der Waals surface area contributed by atoms with Crippen molar-refractivity contribution in [1.82, 2.24) is 10.2 Å². The van der Waals surface area contributed by atoms with Gasteiger partial charge >= 0.3 is 6.03 Å². The summed E-state index contributed by atoms with van der Waals surface area (Å²) in [6.45, 7) is 1.65. The number of rotatable bonds is 6. The van der Waals surface area contributed by atoms with E-state index in [1.165, 1.54) is 6.07 Å². The van der Waals surface area contributed by atoms with Gasteiger partial charge in [-0.05, 0) is 37.4 Å². The summed E-state index contributed by atoms with van der Waals surface area (Å²) in [6.07, 6.45) is 0.0979. The third-order valence-corrected chi connectivity index (χ3v) is 4.71. The van der Waals surface area contributed by atoms with Crippen molar-refractivity contribution < 1.29 is 23.5 Å². The second-order valence-corrected chi connectivity index (χ2v) is 7.50. The molecule has 3 amide bonds. The van der Waals surface area contributed by atoms with E-state index in [1.54, 1.807) is 37.4 Å². The van der Waals surface area contributed by atoms with Crippen molar-refractivity contribution in [3.8, 4) is 11.5 Å². The number of halogens is 2. The first-order valence-electron chi connectivity index (χ1n) is 9.03. The minimum atomic E-state index is -0.632. The van der Waals surface area contributed by atoms with Crippen molar-refractivity contribution in [2.45, 2.75) is 13.0 Å². The molecule has 1 aliphatic rings. The van der Waals surface area contributed by atoms with Crippen molar-refractivity contribution in [3.05, 3.63) is 52.3 Å². The van der Waals surface area contributed by atoms with Crippen molar-refractivity contribution in [2.24, 2.45) is 0 Å². The van der Waals surface area contributed by atoms with Crippen molar-refractivity contribution in [1.29, 1.82) is 0 Å². The standard InChI is InChI=1S/C20H21BrFN3O4/c1-25(12-13-10-14(21)2-4-16(13)22)7-6-19(26)24-20(27)23-15-3-5-17-18(11-15)29-9-8-28-17/h2-5,10-11H,6-9,12H2,1H3,(H2,23,24,26,27). The van der Waals surface area contributed by atoms with E-state index in [2.05, 4.69) is 26.6 Å². The molecule has 3 rings (SSSR count). The molecule has 9 heteroatoms. The Balaban J connectivity index is 1.44. The van der Waals surface area contributed by atoms with E-state index in [-0.39, 0.29) is 12.2 Å². The molecule has 0 bridgehead atoms. The maximum Gasteiger partial charge on any atom is 0.325 e. The predicted octanol–water partition coefficient (Wildman–Crippen LogP) is 3.53. The third kappa shape index (κ3) is 6.16. The highest BCUT2D eigenvalue weighted by molar-refractivity contribution is 9.10. The molecule has 154 valence electrons. The molecule has 0 saturated heterocycles. The minimum absolute atomic E-state index is 0.0979. The summed E-state index contributed by atoms with van der Waals surface area (Å²) in [4.78, 5) is 25.9. The van der Waals surface area contributed by atoms with Gasteiger partial charge < -0.3 is 19.7 Å². The lowest BCUT2D eigenvalue weighted by molar-refractivity contribution is -0.120. The molecule has 0 spiro atoms. The summed E-state index contributed by atoms with van der Waals surface area (Å²) in [7, 11) is 1.78. The van der Waals surface area contributed by atoms with Crippen molar-refractivity contribution in [2.75, 3.05) is 32.1 Å². The Bertz CT molecular complexity index is 909. The molecule has 2 N–H and O–H groups in total. The Morgan fingerprint density at radius 3 is 2.69 bits per heavy atom. The van der Waals surface area contributed by atoms with E-state index in [1.807, 2.05) is 4.90 Å². The van der Waals surface area contributed by atoms with Crippen LogP contribution in [0.5, 0.6) is 11.5 Å². The normalized spacial score (nSPS) is 12.6. The first-order chi connectivity index (χ1) is 13.9. The molecular weight excluding hydrogens is 445 g/mol. The predicted molar refractivity (Wildman–Crippen MR) is 110 cm³/mol. The second-order valence-electron chi connectivity index (χ2n) is 6.58. The molecule has 0 aliphatic carbocycles. The van der Waals surface area contributed by atoms with Crippen LogP contribution in [0.4, 0.5) is 14.9 Å². The monoisotopic (exact) mass is 465 g/mol. The number of carbonyl (C=O) groups is 2. The number of ether oxygens (including phenoxy) is 2. The number of fused-ring (bicyclic) bond motifs is 1. The van der Waals surface area contributed by atoms with Crippen LogP contribution >= 0.6 is 15.9 Å². The molecule has 0 unspecified atom stereocenters. The first-order valence-corrected chi connectivity index (χ1v) is 9.83. The van der Waals surface area contributed by atoms with Gasteiger partial charge in [-0.25, -0.2) is 9.18 Å². The maximum absolute atomic E-state index is 13.8. The summed E-state index contributed by atoms with van der Waals surface area (Å²) in [5.41, 5.74) is 1.01. The van der Waals surface area contributed by atoms with Gasteiger partial charge in [0.05, 0.1) is 0 Å². The lowest BCUT2D eigenvalue weighted by Gasteiger charge is -2.19. The first kappa shape index (κ1) is 21.1. The lowest BCUT2D eigenvalue weighted by atomic mass is 10.2. The van der Waals surface area contributed by atoms with E-state index in [0.717, 1.165) is 4.47 Å². The molecule has 1 aliphatic heterocycles. The van der Waals surface area contributed by atoms with Crippen LogP contribution in [0.3, 0.4) is 0 Å². The Morgan fingerprint density at radius 2 is 1.90 bits per heavy atom. The molecule has 2 aromatic rings. The largest absolute Gasteiger partial charge is 0.486 e. The SMILES string of the molecule is CN(CCC(=O)NC(=O)Nc1ccc2c(c1)OCCO2)Cc1cc(Br)ccc1F. The number of urea groups is 1. The zero-order valence-corrected chi connectivity index (χ0v) is 17.4. The van der Waals surface area contributed by atoms with Gasteiger partial charge in [0.1, 0.15) is 19.0 Å². The number of nitrogens with zero attached hydrogens (tertiary/aromatic N) is 1. The number of amides is 3. The van der Waals surface area contributed by atoms with Crippen LogP contribution in [0.15, 0.2) is 40.9 Å². The third-order valence-electron chi connectivity index (χ3n) is 4.22. The van der Waals surface area contributed by atoms with Crippen LogP contribution in [0.2, 0.25) is 0 Å². The topological polar surface area (TPSA) is 79.9 Å². The Labute approximate surface area is 176 Å². The fourth-order valence-corrected chi connectivity index (χ4v) is 3.21. The fraction of sp³-hybridized carbons (Fsp3) is 0.300. The van der Waals surface area contributed by atoms with Gasteiger partial charge in [-0.3, -0.25) is 10.1 Å². The van der Waals surface area contributed by atoms with Gasteiger partial charge in [0.15, 0.2) is 11.5 Å². The van der Waals surface area contributed by atoms with Crippen molar-refractivity contribution in [3.63, 3.8) is 0 Å².